The lowest BCUT2D eigenvalue weighted by Crippen LogP contribution is -2.52. The minimum absolute atomic E-state index is 0.114. The molecule has 1 atom stereocenters. The molecule has 0 aliphatic carbocycles. The first kappa shape index (κ1) is 20.7. The third-order valence-corrected chi connectivity index (χ3v) is 4.60. The van der Waals surface area contributed by atoms with Gasteiger partial charge in [0.2, 0.25) is 6.43 Å². The molecule has 0 aliphatic rings. The van der Waals surface area contributed by atoms with Crippen molar-refractivity contribution in [3.8, 4) is 5.75 Å². The number of ether oxygens (including phenoxy) is 1. The van der Waals surface area contributed by atoms with E-state index in [0.717, 1.165) is 5.69 Å². The second-order valence-corrected chi connectivity index (χ2v) is 7.08. The molecule has 1 aromatic carbocycles. The number of carbonyl (C=O) groups excluding carboxylic acids is 1. The molecule has 2 heterocycles. The number of nitrogens with two attached hydrogens (primary N) is 1. The van der Waals surface area contributed by atoms with E-state index >= 15 is 0 Å². The summed E-state index contributed by atoms with van der Waals surface area (Å²) in [6, 6.07) is 10.7. The van der Waals surface area contributed by atoms with Crippen molar-refractivity contribution in [3.05, 3.63) is 54.0 Å². The number of rotatable bonds is 8. The van der Waals surface area contributed by atoms with Crippen molar-refractivity contribution in [2.45, 2.75) is 31.9 Å². The average Bonchev–Trinajstić information content (AvgIpc) is 3.01. The molecule has 0 saturated heterocycles. The van der Waals surface area contributed by atoms with Crippen molar-refractivity contribution in [2.75, 3.05) is 6.54 Å². The Bertz CT molecular complexity index is 993. The highest BCUT2D eigenvalue weighted by Crippen LogP contribution is 2.25. The van der Waals surface area contributed by atoms with Crippen LogP contribution in [0.1, 0.15) is 29.5 Å². The Kier molecular flexibility index (Phi) is 6.07. The van der Waals surface area contributed by atoms with Crippen LogP contribution in [0.2, 0.25) is 0 Å². The zero-order valence-electron chi connectivity index (χ0n) is 16.2. The molecule has 0 saturated carbocycles. The molecular weight excluding hydrogens is 380 g/mol. The number of hydrogen-bond donors (Lipinski definition) is 2. The smallest absolute Gasteiger partial charge is 0.270 e. The number of halogens is 2. The van der Waals surface area contributed by atoms with Gasteiger partial charge in [0.1, 0.15) is 18.1 Å². The highest BCUT2D eigenvalue weighted by Gasteiger charge is 2.31. The number of fused-ring (bicyclic) bond motifs is 1. The second kappa shape index (κ2) is 8.52. The van der Waals surface area contributed by atoms with Crippen LogP contribution in [0.25, 0.3) is 10.9 Å². The summed E-state index contributed by atoms with van der Waals surface area (Å²) in [7, 11) is 1.62. The van der Waals surface area contributed by atoms with Gasteiger partial charge in [-0.1, -0.05) is 6.07 Å². The van der Waals surface area contributed by atoms with Crippen molar-refractivity contribution < 1.29 is 18.3 Å². The highest BCUT2D eigenvalue weighted by atomic mass is 19.3. The largest absolute Gasteiger partial charge is 0.487 e. The molecule has 1 amide bonds. The molecule has 29 heavy (non-hydrogen) atoms. The lowest BCUT2D eigenvalue weighted by molar-refractivity contribution is 0.0776. The Morgan fingerprint density at radius 1 is 1.34 bits per heavy atom. The van der Waals surface area contributed by atoms with Crippen molar-refractivity contribution >= 4 is 16.8 Å². The summed E-state index contributed by atoms with van der Waals surface area (Å²) >= 11 is 0. The van der Waals surface area contributed by atoms with Gasteiger partial charge in [-0.05, 0) is 37.3 Å². The van der Waals surface area contributed by atoms with Crippen LogP contribution in [0.3, 0.4) is 0 Å². The van der Waals surface area contributed by atoms with Crippen LogP contribution >= 0.6 is 0 Å². The highest BCUT2D eigenvalue weighted by molar-refractivity contribution is 6.05. The van der Waals surface area contributed by atoms with Crippen LogP contribution in [0.15, 0.2) is 42.6 Å². The van der Waals surface area contributed by atoms with E-state index in [1.165, 1.54) is 11.6 Å². The molecule has 3 N–H and O–H groups in total. The molecule has 7 nitrogen and oxygen atoms in total. The summed E-state index contributed by atoms with van der Waals surface area (Å²) in [4.78, 5) is 17.1. The zero-order chi connectivity index (χ0) is 21.0. The molecule has 0 bridgehead atoms. The van der Waals surface area contributed by atoms with E-state index in [4.69, 9.17) is 10.5 Å². The maximum atomic E-state index is 12.9. The first-order valence-electron chi connectivity index (χ1n) is 9.11. The van der Waals surface area contributed by atoms with Crippen molar-refractivity contribution in [1.82, 2.24) is 20.1 Å². The monoisotopic (exact) mass is 403 g/mol. The van der Waals surface area contributed by atoms with Crippen LogP contribution in [0, 0.1) is 0 Å². The lowest BCUT2D eigenvalue weighted by Gasteiger charge is -2.29. The van der Waals surface area contributed by atoms with Gasteiger partial charge in [0, 0.05) is 31.6 Å². The van der Waals surface area contributed by atoms with Crippen LogP contribution in [-0.4, -0.2) is 39.2 Å². The van der Waals surface area contributed by atoms with Gasteiger partial charge in [-0.25, -0.2) is 8.78 Å². The van der Waals surface area contributed by atoms with Crippen molar-refractivity contribution in [2.24, 2.45) is 12.8 Å². The SMILES string of the molecule is Cn1nc2ccc(OCc3ccccn3)cc2c1C(=O)NC(C)(CN)CC(F)F. The summed E-state index contributed by atoms with van der Waals surface area (Å²) in [5.41, 5.74) is 6.01. The number of alkyl halides is 2. The topological polar surface area (TPSA) is 95.1 Å². The molecule has 0 fully saturated rings. The summed E-state index contributed by atoms with van der Waals surface area (Å²) in [6.45, 7) is 1.65. The zero-order valence-corrected chi connectivity index (χ0v) is 16.2. The maximum Gasteiger partial charge on any atom is 0.270 e. The molecule has 2 aromatic heterocycles. The number of nitrogens with zero attached hydrogens (tertiary/aromatic N) is 3. The molecule has 154 valence electrons. The molecular formula is C20H23F2N5O2. The van der Waals surface area contributed by atoms with Gasteiger partial charge in [-0.2, -0.15) is 5.10 Å². The molecule has 1 unspecified atom stereocenters. The molecule has 3 aromatic rings. The third-order valence-electron chi connectivity index (χ3n) is 4.60. The number of carbonyl (C=O) groups is 1. The van der Waals surface area contributed by atoms with Crippen LogP contribution in [-0.2, 0) is 13.7 Å². The number of hydrogen-bond acceptors (Lipinski definition) is 5. The van der Waals surface area contributed by atoms with Gasteiger partial charge in [0.15, 0.2) is 0 Å². The Morgan fingerprint density at radius 3 is 2.79 bits per heavy atom. The molecule has 9 heteroatoms. The van der Waals surface area contributed by atoms with Gasteiger partial charge in [0.05, 0.1) is 16.7 Å². The lowest BCUT2D eigenvalue weighted by atomic mass is 9.97. The average molecular weight is 403 g/mol. The quantitative estimate of drug-likeness (QED) is 0.603. The Labute approximate surface area is 166 Å². The minimum atomic E-state index is -2.58. The fraction of sp³-hybridized carbons (Fsp3) is 0.350. The van der Waals surface area contributed by atoms with Gasteiger partial charge < -0.3 is 15.8 Å². The number of amides is 1. The van der Waals surface area contributed by atoms with Crippen LogP contribution < -0.4 is 15.8 Å². The fourth-order valence-electron chi connectivity index (χ4n) is 3.04. The summed E-state index contributed by atoms with van der Waals surface area (Å²) in [5, 5.41) is 7.51. The number of aryl methyl sites for hydroxylation is 1. The number of pyridine rings is 1. The van der Waals surface area contributed by atoms with Gasteiger partial charge in [-0.3, -0.25) is 14.5 Å². The van der Waals surface area contributed by atoms with Gasteiger partial charge in [0.25, 0.3) is 5.91 Å². The van der Waals surface area contributed by atoms with Crippen molar-refractivity contribution in [3.63, 3.8) is 0 Å². The molecule has 3 rings (SSSR count). The summed E-state index contributed by atoms with van der Waals surface area (Å²) < 4.78 is 32.9. The third kappa shape index (κ3) is 4.86. The fourth-order valence-corrected chi connectivity index (χ4v) is 3.04. The van der Waals surface area contributed by atoms with E-state index in [1.54, 1.807) is 31.4 Å². The first-order valence-corrected chi connectivity index (χ1v) is 9.11. The van der Waals surface area contributed by atoms with Crippen molar-refractivity contribution in [1.29, 1.82) is 0 Å². The standard InChI is InChI=1S/C20H23F2N5O2/c1-20(12-23,10-17(21)22)25-19(28)18-15-9-14(6-7-16(15)26-27(18)2)29-11-13-5-3-4-8-24-13/h3-9,17H,10-12,23H2,1-2H3,(H,25,28). The summed E-state index contributed by atoms with van der Waals surface area (Å²) in [6.07, 6.45) is -1.44. The predicted molar refractivity (Wildman–Crippen MR) is 105 cm³/mol. The maximum absolute atomic E-state index is 12.9. The van der Waals surface area contributed by atoms with Crippen LogP contribution in [0.5, 0.6) is 5.75 Å². The summed E-state index contributed by atoms with van der Waals surface area (Å²) in [5.74, 6) is 0.0184. The van der Waals surface area contributed by atoms with E-state index in [-0.39, 0.29) is 18.8 Å². The van der Waals surface area contributed by atoms with Gasteiger partial charge in [-0.15, -0.1) is 0 Å². The number of nitrogens with one attached hydrogen (secondary N) is 1. The molecule has 0 spiro atoms. The van der Waals surface area contributed by atoms with E-state index in [9.17, 15) is 13.6 Å². The first-order chi connectivity index (χ1) is 13.8. The number of benzene rings is 1. The second-order valence-electron chi connectivity index (χ2n) is 7.08. The van der Waals surface area contributed by atoms with E-state index < -0.39 is 24.3 Å². The Balaban J connectivity index is 1.85. The normalized spacial score (nSPS) is 13.4. The minimum Gasteiger partial charge on any atom is -0.487 e. The predicted octanol–water partition coefficient (Wildman–Crippen LogP) is 2.65. The van der Waals surface area contributed by atoms with Gasteiger partial charge >= 0.3 is 0 Å². The molecule has 0 aliphatic heterocycles. The number of aromatic nitrogens is 3. The van der Waals surface area contributed by atoms with E-state index in [1.807, 2.05) is 18.2 Å². The van der Waals surface area contributed by atoms with Crippen LogP contribution in [0.4, 0.5) is 8.78 Å². The Hall–Kier alpha value is -3.07. The molecule has 0 radical (unpaired) electrons. The Morgan fingerprint density at radius 2 is 2.14 bits per heavy atom. The van der Waals surface area contributed by atoms with E-state index in [0.29, 0.717) is 16.7 Å². The van der Waals surface area contributed by atoms with E-state index in [2.05, 4.69) is 15.4 Å².